The molecule has 4 nitrogen and oxygen atoms in total. The average molecular weight is 475 g/mol. The molecule has 0 aromatic heterocycles. The van der Waals surface area contributed by atoms with Gasteiger partial charge in [0.2, 0.25) is 11.8 Å². The summed E-state index contributed by atoms with van der Waals surface area (Å²) in [6, 6.07) is 16.4. The monoisotopic (exact) mass is 474 g/mol. The zero-order valence-electron chi connectivity index (χ0n) is 20.1. The molecule has 2 amide bonds. The second-order valence-corrected chi connectivity index (χ2v) is 12.5. The van der Waals surface area contributed by atoms with Gasteiger partial charge in [-0.3, -0.25) is 14.5 Å². The van der Waals surface area contributed by atoms with Crippen molar-refractivity contribution in [3.05, 3.63) is 59.7 Å². The molecule has 34 heavy (non-hydrogen) atoms. The Bertz CT molecular complexity index is 1070. The minimum atomic E-state index is -0.140. The fourth-order valence-electron chi connectivity index (χ4n) is 7.51. The summed E-state index contributed by atoms with van der Waals surface area (Å²) in [6.07, 6.45) is 7.26. The normalized spacial score (nSPS) is 32.0. The van der Waals surface area contributed by atoms with E-state index in [1.54, 1.807) is 11.8 Å². The number of rotatable bonds is 5. The van der Waals surface area contributed by atoms with E-state index in [1.165, 1.54) is 24.8 Å². The smallest absolute Gasteiger partial charge is 0.238 e. The lowest BCUT2D eigenvalue weighted by Crippen LogP contribution is -2.51. The lowest BCUT2D eigenvalue weighted by atomic mass is 9.49. The minimum absolute atomic E-state index is 0.0414. The van der Waals surface area contributed by atoms with Crippen LogP contribution in [0.3, 0.4) is 0 Å². The van der Waals surface area contributed by atoms with Crippen LogP contribution in [0.5, 0.6) is 0 Å². The lowest BCUT2D eigenvalue weighted by molar-refractivity contribution is -0.140. The molecule has 5 fully saturated rings. The van der Waals surface area contributed by atoms with E-state index in [9.17, 15) is 9.59 Å². The number of anilines is 2. The molecule has 1 aliphatic heterocycles. The fourth-order valence-corrected chi connectivity index (χ4v) is 8.68. The first-order valence-corrected chi connectivity index (χ1v) is 13.9. The summed E-state index contributed by atoms with van der Waals surface area (Å²) < 4.78 is 0. The van der Waals surface area contributed by atoms with Crippen LogP contribution >= 0.6 is 11.8 Å². The van der Waals surface area contributed by atoms with E-state index in [0.717, 1.165) is 54.0 Å². The van der Waals surface area contributed by atoms with Crippen LogP contribution in [0.15, 0.2) is 48.5 Å². The third-order valence-corrected chi connectivity index (χ3v) is 9.87. The number of nitrogens with zero attached hydrogens (tertiary/aromatic N) is 1. The third kappa shape index (κ3) is 3.77. The maximum atomic E-state index is 13.4. The first kappa shape index (κ1) is 22.2. The van der Waals surface area contributed by atoms with Gasteiger partial charge in [0.05, 0.1) is 11.2 Å². The molecular weight excluding hydrogens is 440 g/mol. The Hall–Kier alpha value is -2.27. The van der Waals surface area contributed by atoms with E-state index in [1.807, 2.05) is 29.2 Å². The molecule has 1 saturated heterocycles. The highest BCUT2D eigenvalue weighted by Gasteiger charge is 2.54. The number of para-hydroxylation sites is 1. The average Bonchev–Trinajstić information content (AvgIpc) is 3.19. The predicted molar refractivity (Wildman–Crippen MR) is 139 cm³/mol. The SMILES string of the molecule is CC(C)c1ccccc1N1C(=O)CS[C@H]1c1ccc(NC(=O)C23CC4CC(CC(C4)C2)C3)cc1. The summed E-state index contributed by atoms with van der Waals surface area (Å²) >= 11 is 1.67. The molecule has 2 aromatic rings. The maximum Gasteiger partial charge on any atom is 0.238 e. The number of benzene rings is 2. The van der Waals surface area contributed by atoms with E-state index < -0.39 is 0 Å². The molecule has 1 N–H and O–H groups in total. The van der Waals surface area contributed by atoms with Gasteiger partial charge in [-0.25, -0.2) is 0 Å². The molecule has 5 aliphatic rings. The van der Waals surface area contributed by atoms with Crippen LogP contribution in [-0.2, 0) is 9.59 Å². The van der Waals surface area contributed by atoms with Crippen molar-refractivity contribution in [3.63, 3.8) is 0 Å². The molecule has 4 bridgehead atoms. The van der Waals surface area contributed by atoms with E-state index in [-0.39, 0.29) is 22.6 Å². The molecule has 5 heteroatoms. The van der Waals surface area contributed by atoms with Crippen molar-refractivity contribution >= 4 is 35.0 Å². The summed E-state index contributed by atoms with van der Waals surface area (Å²) in [7, 11) is 0. The molecule has 4 aliphatic carbocycles. The number of carbonyl (C=O) groups is 2. The number of thioether (sulfide) groups is 1. The highest BCUT2D eigenvalue weighted by atomic mass is 32.2. The van der Waals surface area contributed by atoms with Crippen molar-refractivity contribution in [2.45, 2.75) is 63.7 Å². The second kappa shape index (κ2) is 8.44. The maximum absolute atomic E-state index is 13.4. The Morgan fingerprint density at radius 1 is 0.971 bits per heavy atom. The van der Waals surface area contributed by atoms with Crippen LogP contribution < -0.4 is 10.2 Å². The van der Waals surface area contributed by atoms with Gasteiger partial charge < -0.3 is 5.32 Å². The predicted octanol–water partition coefficient (Wildman–Crippen LogP) is 6.74. The van der Waals surface area contributed by atoms with Crippen molar-refractivity contribution in [1.29, 1.82) is 0 Å². The van der Waals surface area contributed by atoms with Crippen molar-refractivity contribution in [2.75, 3.05) is 16.0 Å². The minimum Gasteiger partial charge on any atom is -0.326 e. The second-order valence-electron chi connectivity index (χ2n) is 11.4. The Morgan fingerprint density at radius 2 is 1.59 bits per heavy atom. The van der Waals surface area contributed by atoms with Gasteiger partial charge in [0.25, 0.3) is 0 Å². The van der Waals surface area contributed by atoms with E-state index in [2.05, 4.69) is 43.4 Å². The number of nitrogens with one attached hydrogen (secondary N) is 1. The standard InChI is InChI=1S/C29H34N2O2S/c1-18(2)24-5-3-4-6-25(24)31-26(32)17-34-27(31)22-7-9-23(10-8-22)30-28(33)29-14-19-11-20(15-29)13-21(12-19)16-29/h3-10,18-21,27H,11-17H2,1-2H3,(H,30,33)/t19?,20?,21?,27-,29?/m0/s1. The van der Waals surface area contributed by atoms with Crippen LogP contribution in [-0.4, -0.2) is 17.6 Å². The quantitative estimate of drug-likeness (QED) is 0.522. The molecular formula is C29H34N2O2S. The first-order valence-electron chi connectivity index (χ1n) is 12.9. The molecule has 0 spiro atoms. The van der Waals surface area contributed by atoms with E-state index in [0.29, 0.717) is 11.7 Å². The van der Waals surface area contributed by atoms with Crippen molar-refractivity contribution in [1.82, 2.24) is 0 Å². The fraction of sp³-hybridized carbons (Fsp3) is 0.517. The lowest BCUT2D eigenvalue weighted by Gasteiger charge is -2.55. The van der Waals surface area contributed by atoms with Crippen LogP contribution in [0.1, 0.15) is 74.8 Å². The summed E-state index contributed by atoms with van der Waals surface area (Å²) in [5, 5.41) is 3.22. The number of hydrogen-bond donors (Lipinski definition) is 1. The van der Waals surface area contributed by atoms with Gasteiger partial charge in [-0.15, -0.1) is 11.8 Å². The third-order valence-electron chi connectivity index (χ3n) is 8.66. The van der Waals surface area contributed by atoms with Gasteiger partial charge in [0.1, 0.15) is 5.37 Å². The highest BCUT2D eigenvalue weighted by molar-refractivity contribution is 8.00. The Balaban J connectivity index is 1.20. The zero-order chi connectivity index (χ0) is 23.4. The Kier molecular flexibility index (Phi) is 5.51. The van der Waals surface area contributed by atoms with Gasteiger partial charge >= 0.3 is 0 Å². The van der Waals surface area contributed by atoms with Gasteiger partial charge in [0, 0.05) is 11.4 Å². The highest BCUT2D eigenvalue weighted by Crippen LogP contribution is 2.60. The summed E-state index contributed by atoms with van der Waals surface area (Å²) in [5.41, 5.74) is 4.04. The largest absolute Gasteiger partial charge is 0.326 e. The first-order chi connectivity index (χ1) is 16.4. The van der Waals surface area contributed by atoms with Gasteiger partial charge in [-0.1, -0.05) is 44.2 Å². The van der Waals surface area contributed by atoms with Gasteiger partial charge in [0.15, 0.2) is 0 Å². The molecule has 1 atom stereocenters. The number of hydrogen-bond acceptors (Lipinski definition) is 3. The van der Waals surface area contributed by atoms with E-state index in [4.69, 9.17) is 0 Å². The molecule has 0 unspecified atom stereocenters. The van der Waals surface area contributed by atoms with Crippen LogP contribution in [0.4, 0.5) is 11.4 Å². The summed E-state index contributed by atoms with van der Waals surface area (Å²) in [4.78, 5) is 28.3. The summed E-state index contributed by atoms with van der Waals surface area (Å²) in [6.45, 7) is 4.34. The molecule has 7 rings (SSSR count). The number of carbonyl (C=O) groups excluding carboxylic acids is 2. The van der Waals surface area contributed by atoms with Crippen LogP contribution in [0.2, 0.25) is 0 Å². The van der Waals surface area contributed by atoms with Gasteiger partial charge in [-0.05, 0) is 91.5 Å². The van der Waals surface area contributed by atoms with Crippen LogP contribution in [0, 0.1) is 23.2 Å². The van der Waals surface area contributed by atoms with Crippen molar-refractivity contribution in [3.8, 4) is 0 Å². The van der Waals surface area contributed by atoms with Crippen molar-refractivity contribution < 1.29 is 9.59 Å². The van der Waals surface area contributed by atoms with E-state index >= 15 is 0 Å². The Labute approximate surface area is 206 Å². The molecule has 1 heterocycles. The van der Waals surface area contributed by atoms with Crippen LogP contribution in [0.25, 0.3) is 0 Å². The summed E-state index contributed by atoms with van der Waals surface area (Å²) in [5.74, 6) is 3.50. The molecule has 2 aromatic carbocycles. The Morgan fingerprint density at radius 3 is 2.21 bits per heavy atom. The topological polar surface area (TPSA) is 49.4 Å². The molecule has 4 saturated carbocycles. The molecule has 0 radical (unpaired) electrons. The number of amides is 2. The molecule has 178 valence electrons. The van der Waals surface area contributed by atoms with Crippen molar-refractivity contribution in [2.24, 2.45) is 23.2 Å². The van der Waals surface area contributed by atoms with Gasteiger partial charge in [-0.2, -0.15) is 0 Å². The zero-order valence-corrected chi connectivity index (χ0v) is 20.9.